The second-order valence-corrected chi connectivity index (χ2v) is 14.8. The van der Waals surface area contributed by atoms with Gasteiger partial charge in [0, 0.05) is 44.8 Å². The first-order chi connectivity index (χ1) is 22.2. The summed E-state index contributed by atoms with van der Waals surface area (Å²) in [7, 11) is -0.786. The number of rotatable bonds is 6. The van der Waals surface area contributed by atoms with E-state index in [0.29, 0.717) is 11.6 Å². The number of benzene rings is 5. The minimum Gasteiger partial charge on any atom is -0.510 e. The van der Waals surface area contributed by atoms with Gasteiger partial charge in [-0.05, 0) is 36.8 Å². The predicted molar refractivity (Wildman–Crippen MR) is 184 cm³/mol. The molecule has 46 heavy (non-hydrogen) atoms. The van der Waals surface area contributed by atoms with Gasteiger partial charge in [-0.25, -0.2) is 4.98 Å². The smallest absolute Gasteiger partial charge is 0.216 e. The second-order valence-electron chi connectivity index (χ2n) is 11.1. The summed E-state index contributed by atoms with van der Waals surface area (Å²) in [4.78, 5) is 10.8. The molecule has 0 fully saturated rings. The van der Waals surface area contributed by atoms with Crippen molar-refractivity contribution in [1.29, 1.82) is 0 Å². The minimum absolute atomic E-state index is 0. The van der Waals surface area contributed by atoms with Crippen molar-refractivity contribution in [2.24, 2.45) is 0 Å². The standard InChI is InChI=1S/C39H29N4OSi.Pt/c1-41-25-26-42(29-41)30-13-12-14-31(27-30)43-35-19-8-9-20-37(35)45(33-15-4-2-5-16-33,34-17-6-3-7-18-34)38-23-22-32(28-36(38)43)44-39-21-10-11-24-40-39;/h2-26,29H,1H3;/q-3;. The van der Waals surface area contributed by atoms with Gasteiger partial charge < -0.3 is 19.4 Å². The van der Waals surface area contributed by atoms with Crippen LogP contribution in [0.5, 0.6) is 11.6 Å². The number of pyridine rings is 1. The van der Waals surface area contributed by atoms with Crippen LogP contribution in [-0.2, 0) is 21.1 Å². The first-order valence-corrected chi connectivity index (χ1v) is 16.9. The molecule has 0 radical (unpaired) electrons. The first-order valence-electron chi connectivity index (χ1n) is 14.9. The van der Waals surface area contributed by atoms with Crippen LogP contribution >= 0.6 is 0 Å². The molecule has 5 nitrogen and oxygen atoms in total. The molecule has 0 unspecified atom stereocenters. The van der Waals surface area contributed by atoms with Gasteiger partial charge in [-0.2, -0.15) is 18.8 Å². The summed E-state index contributed by atoms with van der Waals surface area (Å²) in [5.41, 5.74) is 3.94. The third-order valence-corrected chi connectivity index (χ3v) is 13.2. The first kappa shape index (κ1) is 29.8. The molecule has 3 heterocycles. The topological polar surface area (TPSA) is 31.8 Å². The van der Waals surface area contributed by atoms with E-state index in [1.165, 1.54) is 20.7 Å². The molecule has 6 aromatic rings. The average molecular weight is 793 g/mol. The Bertz CT molecular complexity index is 1970. The molecule has 0 aliphatic carbocycles. The van der Waals surface area contributed by atoms with Crippen LogP contribution in [0.2, 0.25) is 0 Å². The van der Waals surface area contributed by atoms with Crippen LogP contribution in [0.1, 0.15) is 0 Å². The van der Waals surface area contributed by atoms with E-state index in [-0.39, 0.29) is 21.1 Å². The molecule has 0 saturated carbocycles. The van der Waals surface area contributed by atoms with Gasteiger partial charge in [0.2, 0.25) is 5.88 Å². The van der Waals surface area contributed by atoms with Gasteiger partial charge in [0.05, 0.1) is 0 Å². The van der Waals surface area contributed by atoms with Gasteiger partial charge in [0.1, 0.15) is 8.07 Å². The van der Waals surface area contributed by atoms with E-state index < -0.39 is 8.07 Å². The Morgan fingerprint density at radius 2 is 1.35 bits per heavy atom. The van der Waals surface area contributed by atoms with Crippen LogP contribution < -0.4 is 35.3 Å². The van der Waals surface area contributed by atoms with Gasteiger partial charge in [-0.15, -0.1) is 41.2 Å². The molecule has 5 aromatic carbocycles. The van der Waals surface area contributed by atoms with Crippen molar-refractivity contribution in [2.45, 2.75) is 0 Å². The van der Waals surface area contributed by atoms with E-state index in [9.17, 15) is 0 Å². The maximum atomic E-state index is 6.30. The molecular weight excluding hydrogens is 764 g/mol. The Kier molecular flexibility index (Phi) is 8.08. The normalized spacial score (nSPS) is 14.3. The molecule has 0 amide bonds. The molecular formula is C39H29N4OPtSi-3. The second kappa shape index (κ2) is 12.5. The zero-order chi connectivity index (χ0) is 30.2. The maximum absolute atomic E-state index is 6.30. The number of fused-ring (bicyclic) bond motifs is 2. The van der Waals surface area contributed by atoms with Crippen molar-refractivity contribution >= 4 is 51.6 Å². The van der Waals surface area contributed by atoms with E-state index in [0.717, 1.165) is 22.7 Å². The molecule has 7 heteroatoms. The molecule has 0 N–H and O–H groups in total. The maximum Gasteiger partial charge on any atom is 0.216 e. The Hall–Kier alpha value is -4.90. The monoisotopic (exact) mass is 792 g/mol. The fourth-order valence-corrected chi connectivity index (χ4v) is 11.5. The van der Waals surface area contributed by atoms with Crippen LogP contribution in [0.25, 0.3) is 0 Å². The molecule has 8 rings (SSSR count). The summed E-state index contributed by atoms with van der Waals surface area (Å²) in [6.45, 7) is 2.04. The zero-order valence-electron chi connectivity index (χ0n) is 25.0. The Labute approximate surface area is 285 Å². The van der Waals surface area contributed by atoms with Crippen molar-refractivity contribution in [2.75, 3.05) is 16.8 Å². The quantitative estimate of drug-likeness (QED) is 0.153. The van der Waals surface area contributed by atoms with Crippen LogP contribution in [0.3, 0.4) is 0 Å². The fraction of sp³-hybridized carbons (Fsp3) is 0.0256. The number of aromatic nitrogens is 1. The number of ether oxygens (including phenoxy) is 1. The molecule has 2 aliphatic rings. The molecule has 0 bridgehead atoms. The van der Waals surface area contributed by atoms with Gasteiger partial charge >= 0.3 is 0 Å². The molecule has 2 aliphatic heterocycles. The summed E-state index contributed by atoms with van der Waals surface area (Å²) in [5.74, 6) is 1.13. The van der Waals surface area contributed by atoms with Crippen molar-refractivity contribution in [3.05, 3.63) is 171 Å². The van der Waals surface area contributed by atoms with Crippen molar-refractivity contribution in [3.8, 4) is 11.6 Å². The Morgan fingerprint density at radius 1 is 0.652 bits per heavy atom. The van der Waals surface area contributed by atoms with Crippen molar-refractivity contribution in [3.63, 3.8) is 0 Å². The number of nitrogens with zero attached hydrogens (tertiary/aromatic N) is 4. The van der Waals surface area contributed by atoms with E-state index in [1.54, 1.807) is 6.20 Å². The van der Waals surface area contributed by atoms with Gasteiger partial charge in [0.15, 0.2) is 0 Å². The Morgan fingerprint density at radius 3 is 2.04 bits per heavy atom. The number of para-hydroxylation sites is 1. The Balaban J connectivity index is 0.00000338. The summed E-state index contributed by atoms with van der Waals surface area (Å²) >= 11 is 0. The molecule has 0 saturated heterocycles. The van der Waals surface area contributed by atoms with Crippen LogP contribution in [0.15, 0.2) is 152 Å². The van der Waals surface area contributed by atoms with Crippen molar-refractivity contribution in [1.82, 2.24) is 9.88 Å². The van der Waals surface area contributed by atoms with E-state index in [2.05, 4.69) is 136 Å². The predicted octanol–water partition coefficient (Wildman–Crippen LogP) is 5.97. The average Bonchev–Trinajstić information content (AvgIpc) is 3.54. The largest absolute Gasteiger partial charge is 0.510 e. The van der Waals surface area contributed by atoms with Crippen LogP contribution in [0.4, 0.5) is 22.7 Å². The zero-order valence-corrected chi connectivity index (χ0v) is 28.3. The summed E-state index contributed by atoms with van der Waals surface area (Å²) < 4.78 is 6.30. The van der Waals surface area contributed by atoms with Gasteiger partial charge in [-0.1, -0.05) is 107 Å². The summed E-state index contributed by atoms with van der Waals surface area (Å²) in [6.07, 6.45) is 5.81. The van der Waals surface area contributed by atoms with Crippen LogP contribution in [-0.4, -0.2) is 25.0 Å². The third-order valence-electron chi connectivity index (χ3n) is 8.39. The molecule has 0 spiro atoms. The molecule has 1 aromatic heterocycles. The fourth-order valence-electron chi connectivity index (χ4n) is 6.51. The van der Waals surface area contributed by atoms with Gasteiger partial charge in [0.25, 0.3) is 0 Å². The SMILES string of the molecule is CN1C=CN(c2[c-]c(N3c4[c-]c(Oc5ccccn5)ccc4[Si](c4ccccc4)(c4ccccc4)c4ccccc43)ccc2)[CH-]1.[Pt]. The van der Waals surface area contributed by atoms with Crippen LogP contribution in [0, 0.1) is 18.8 Å². The number of hydrogen-bond donors (Lipinski definition) is 0. The molecule has 0 atom stereocenters. The minimum atomic E-state index is -2.81. The molecule has 228 valence electrons. The van der Waals surface area contributed by atoms with E-state index in [4.69, 9.17) is 4.74 Å². The van der Waals surface area contributed by atoms with Gasteiger partial charge in [-0.3, -0.25) is 0 Å². The third kappa shape index (κ3) is 5.04. The van der Waals surface area contributed by atoms with Crippen molar-refractivity contribution < 1.29 is 25.8 Å². The van der Waals surface area contributed by atoms with E-state index >= 15 is 0 Å². The summed E-state index contributed by atoms with van der Waals surface area (Å²) in [6, 6.07) is 54.4. The summed E-state index contributed by atoms with van der Waals surface area (Å²) in [5, 5.41) is 5.17. The number of anilines is 4. The number of hydrogen-bond acceptors (Lipinski definition) is 5. The van der Waals surface area contributed by atoms with E-state index in [1.807, 2.05) is 55.3 Å².